The molecule has 106 valence electrons. The Labute approximate surface area is 119 Å². The standard InChI is InChI=1S/C16H20N2O2/c1-10-5-7-14(11(2)9-10)18-16(19)17-13(4)15-8-6-12(3)20-15/h5-9,13H,1-4H3,(H2,17,18,19). The van der Waals surface area contributed by atoms with Gasteiger partial charge in [0, 0.05) is 5.69 Å². The Balaban J connectivity index is 1.98. The van der Waals surface area contributed by atoms with Crippen molar-refractivity contribution in [3.63, 3.8) is 0 Å². The van der Waals surface area contributed by atoms with Crippen molar-refractivity contribution in [2.24, 2.45) is 0 Å². The van der Waals surface area contributed by atoms with Gasteiger partial charge >= 0.3 is 6.03 Å². The van der Waals surface area contributed by atoms with E-state index in [1.807, 2.05) is 58.0 Å². The molecule has 2 aromatic rings. The number of hydrogen-bond acceptors (Lipinski definition) is 2. The molecule has 20 heavy (non-hydrogen) atoms. The number of carbonyl (C=O) groups excluding carboxylic acids is 1. The monoisotopic (exact) mass is 272 g/mol. The third-order valence-corrected chi connectivity index (χ3v) is 3.17. The fraction of sp³-hybridized carbons (Fsp3) is 0.312. The van der Waals surface area contributed by atoms with Gasteiger partial charge in [-0.2, -0.15) is 0 Å². The molecule has 0 bridgehead atoms. The van der Waals surface area contributed by atoms with Gasteiger partial charge in [-0.1, -0.05) is 17.7 Å². The van der Waals surface area contributed by atoms with Crippen LogP contribution < -0.4 is 10.6 Å². The second kappa shape index (κ2) is 5.82. The number of aryl methyl sites for hydroxylation is 3. The smallest absolute Gasteiger partial charge is 0.319 e. The van der Waals surface area contributed by atoms with Gasteiger partial charge in [-0.25, -0.2) is 4.79 Å². The molecule has 4 nitrogen and oxygen atoms in total. The van der Waals surface area contributed by atoms with E-state index in [-0.39, 0.29) is 12.1 Å². The van der Waals surface area contributed by atoms with Gasteiger partial charge in [0.1, 0.15) is 11.5 Å². The van der Waals surface area contributed by atoms with E-state index in [2.05, 4.69) is 10.6 Å². The molecule has 2 N–H and O–H groups in total. The lowest BCUT2D eigenvalue weighted by molar-refractivity contribution is 0.247. The molecule has 2 amide bonds. The normalized spacial score (nSPS) is 12.0. The molecule has 2 rings (SSSR count). The molecule has 4 heteroatoms. The molecule has 0 aliphatic heterocycles. The Hall–Kier alpha value is -2.23. The second-order valence-corrected chi connectivity index (χ2v) is 5.09. The summed E-state index contributed by atoms with van der Waals surface area (Å²) < 4.78 is 5.49. The molecule has 1 unspecified atom stereocenters. The maximum absolute atomic E-state index is 12.0. The van der Waals surface area contributed by atoms with Crippen LogP contribution in [0.5, 0.6) is 0 Å². The van der Waals surface area contributed by atoms with Crippen LogP contribution in [0.25, 0.3) is 0 Å². The Morgan fingerprint density at radius 3 is 2.50 bits per heavy atom. The van der Waals surface area contributed by atoms with Gasteiger partial charge in [-0.15, -0.1) is 0 Å². The topological polar surface area (TPSA) is 54.3 Å². The van der Waals surface area contributed by atoms with Crippen LogP contribution in [0.15, 0.2) is 34.7 Å². The van der Waals surface area contributed by atoms with Gasteiger partial charge in [-0.3, -0.25) is 0 Å². The maximum Gasteiger partial charge on any atom is 0.319 e. The van der Waals surface area contributed by atoms with Crippen LogP contribution in [0.3, 0.4) is 0 Å². The van der Waals surface area contributed by atoms with Crippen LogP contribution in [0.1, 0.15) is 35.6 Å². The fourth-order valence-corrected chi connectivity index (χ4v) is 2.07. The lowest BCUT2D eigenvalue weighted by Gasteiger charge is -2.14. The molecule has 0 radical (unpaired) electrons. The zero-order chi connectivity index (χ0) is 14.7. The fourth-order valence-electron chi connectivity index (χ4n) is 2.07. The molecule has 0 saturated heterocycles. The summed E-state index contributed by atoms with van der Waals surface area (Å²) in [7, 11) is 0. The van der Waals surface area contributed by atoms with Crippen LogP contribution in [-0.4, -0.2) is 6.03 Å². The molecular weight excluding hydrogens is 252 g/mol. The molecule has 1 aromatic heterocycles. The van der Waals surface area contributed by atoms with E-state index in [1.165, 1.54) is 5.56 Å². The Bertz CT molecular complexity index is 617. The predicted molar refractivity (Wildman–Crippen MR) is 79.9 cm³/mol. The van der Waals surface area contributed by atoms with Gasteiger partial charge in [-0.05, 0) is 51.5 Å². The zero-order valence-electron chi connectivity index (χ0n) is 12.3. The Kier molecular flexibility index (Phi) is 4.13. The summed E-state index contributed by atoms with van der Waals surface area (Å²) in [5.74, 6) is 1.58. The number of urea groups is 1. The summed E-state index contributed by atoms with van der Waals surface area (Å²) in [4.78, 5) is 12.0. The van der Waals surface area contributed by atoms with Crippen molar-refractivity contribution in [1.82, 2.24) is 5.32 Å². The van der Waals surface area contributed by atoms with Gasteiger partial charge in [0.25, 0.3) is 0 Å². The molecule has 0 aliphatic carbocycles. The van der Waals surface area contributed by atoms with Crippen molar-refractivity contribution in [3.8, 4) is 0 Å². The molecule has 0 aliphatic rings. The summed E-state index contributed by atoms with van der Waals surface area (Å²) in [5, 5.41) is 5.71. The van der Waals surface area contributed by atoms with E-state index in [0.717, 1.165) is 22.8 Å². The third kappa shape index (κ3) is 3.41. The minimum absolute atomic E-state index is 0.172. The van der Waals surface area contributed by atoms with Crippen molar-refractivity contribution in [3.05, 3.63) is 53.0 Å². The molecule has 0 spiro atoms. The number of furan rings is 1. The average Bonchev–Trinajstić information content (AvgIpc) is 2.79. The van der Waals surface area contributed by atoms with Gasteiger partial charge < -0.3 is 15.1 Å². The van der Waals surface area contributed by atoms with Crippen molar-refractivity contribution in [2.75, 3.05) is 5.32 Å². The summed E-state index contributed by atoms with van der Waals surface area (Å²) in [6.07, 6.45) is 0. The lowest BCUT2D eigenvalue weighted by atomic mass is 10.1. The van der Waals surface area contributed by atoms with E-state index in [9.17, 15) is 4.79 Å². The van der Waals surface area contributed by atoms with Crippen molar-refractivity contribution < 1.29 is 9.21 Å². The summed E-state index contributed by atoms with van der Waals surface area (Å²) in [6, 6.07) is 9.27. The molecule has 0 saturated carbocycles. The minimum Gasteiger partial charge on any atom is -0.464 e. The minimum atomic E-state index is -0.237. The second-order valence-electron chi connectivity index (χ2n) is 5.09. The lowest BCUT2D eigenvalue weighted by Crippen LogP contribution is -2.31. The van der Waals surface area contributed by atoms with Crippen LogP contribution in [0.2, 0.25) is 0 Å². The van der Waals surface area contributed by atoms with Crippen LogP contribution in [0, 0.1) is 20.8 Å². The van der Waals surface area contributed by atoms with Crippen molar-refractivity contribution >= 4 is 11.7 Å². The number of nitrogens with one attached hydrogen (secondary N) is 2. The molecule has 0 fully saturated rings. The van der Waals surface area contributed by atoms with E-state index in [0.29, 0.717) is 0 Å². The quantitative estimate of drug-likeness (QED) is 0.884. The van der Waals surface area contributed by atoms with Gasteiger partial charge in [0.05, 0.1) is 6.04 Å². The highest BCUT2D eigenvalue weighted by Crippen LogP contribution is 2.18. The van der Waals surface area contributed by atoms with E-state index >= 15 is 0 Å². The summed E-state index contributed by atoms with van der Waals surface area (Å²) in [6.45, 7) is 7.77. The predicted octanol–water partition coefficient (Wildman–Crippen LogP) is 4.09. The zero-order valence-corrected chi connectivity index (χ0v) is 12.3. The number of carbonyl (C=O) groups is 1. The van der Waals surface area contributed by atoms with Gasteiger partial charge in [0.2, 0.25) is 0 Å². The highest BCUT2D eigenvalue weighted by atomic mass is 16.3. The van der Waals surface area contributed by atoms with E-state index < -0.39 is 0 Å². The number of rotatable bonds is 3. The molecular formula is C16H20N2O2. The SMILES string of the molecule is Cc1ccc(NC(=O)NC(C)c2ccc(C)o2)c(C)c1. The molecule has 1 atom stereocenters. The first-order valence-corrected chi connectivity index (χ1v) is 6.67. The highest BCUT2D eigenvalue weighted by Gasteiger charge is 2.13. The first-order valence-electron chi connectivity index (χ1n) is 6.67. The largest absolute Gasteiger partial charge is 0.464 e. The van der Waals surface area contributed by atoms with Crippen LogP contribution in [-0.2, 0) is 0 Å². The number of hydrogen-bond donors (Lipinski definition) is 2. The molecule has 1 heterocycles. The Morgan fingerprint density at radius 2 is 1.90 bits per heavy atom. The summed E-state index contributed by atoms with van der Waals surface area (Å²) in [5.41, 5.74) is 3.03. The molecule has 1 aromatic carbocycles. The van der Waals surface area contributed by atoms with Crippen molar-refractivity contribution in [1.29, 1.82) is 0 Å². The van der Waals surface area contributed by atoms with Crippen LogP contribution >= 0.6 is 0 Å². The first-order chi connectivity index (χ1) is 9.45. The van der Waals surface area contributed by atoms with E-state index in [1.54, 1.807) is 0 Å². The third-order valence-electron chi connectivity index (χ3n) is 3.17. The first kappa shape index (κ1) is 14.2. The Morgan fingerprint density at radius 1 is 1.15 bits per heavy atom. The summed E-state index contributed by atoms with van der Waals surface area (Å²) >= 11 is 0. The highest BCUT2D eigenvalue weighted by molar-refractivity contribution is 5.90. The van der Waals surface area contributed by atoms with E-state index in [4.69, 9.17) is 4.42 Å². The number of amides is 2. The average molecular weight is 272 g/mol. The maximum atomic E-state index is 12.0. The van der Waals surface area contributed by atoms with Crippen molar-refractivity contribution in [2.45, 2.75) is 33.7 Å². The number of anilines is 1. The number of benzene rings is 1. The van der Waals surface area contributed by atoms with Gasteiger partial charge in [0.15, 0.2) is 0 Å². The van der Waals surface area contributed by atoms with Crippen LogP contribution in [0.4, 0.5) is 10.5 Å².